The molecule has 7 heteroatoms. The van der Waals surface area contributed by atoms with Gasteiger partial charge < -0.3 is 14.0 Å². The molecule has 0 radical (unpaired) electrons. The highest BCUT2D eigenvalue weighted by atomic mass is 16.5. The Morgan fingerprint density at radius 1 is 1.23 bits per heavy atom. The molecule has 1 heterocycles. The number of amides is 1. The average molecular weight is 409 g/mol. The van der Waals surface area contributed by atoms with Crippen molar-refractivity contribution in [2.75, 3.05) is 13.7 Å². The highest BCUT2D eigenvalue weighted by Gasteiger charge is 2.10. The topological polar surface area (TPSA) is 77.7 Å². The maximum Gasteiger partial charge on any atom is 0.260 e. The van der Waals surface area contributed by atoms with Gasteiger partial charge in [0.15, 0.2) is 11.5 Å². The summed E-state index contributed by atoms with van der Waals surface area (Å²) in [6, 6.07) is 13.3. The minimum Gasteiger partial charge on any atom is -0.493 e. The number of para-hydroxylation sites is 2. The van der Waals surface area contributed by atoms with E-state index < -0.39 is 0 Å². The van der Waals surface area contributed by atoms with Gasteiger partial charge in [0.1, 0.15) is 12.4 Å². The van der Waals surface area contributed by atoms with E-state index in [1.165, 1.54) is 0 Å². The number of carbonyl (C=O) groups is 1. The van der Waals surface area contributed by atoms with E-state index in [2.05, 4.69) is 29.4 Å². The SMILES string of the molecule is COc1cc(/C=N/NC(=O)Cn2c(C)nc3ccccc32)ccc1OCCC(C)C. The molecule has 0 atom stereocenters. The maximum absolute atomic E-state index is 12.3. The van der Waals surface area contributed by atoms with Gasteiger partial charge in [0.25, 0.3) is 5.91 Å². The van der Waals surface area contributed by atoms with Crippen LogP contribution in [0.5, 0.6) is 11.5 Å². The number of ether oxygens (including phenoxy) is 2. The van der Waals surface area contributed by atoms with Crippen LogP contribution in [0.25, 0.3) is 11.0 Å². The first kappa shape index (κ1) is 21.4. The summed E-state index contributed by atoms with van der Waals surface area (Å²) >= 11 is 0. The van der Waals surface area contributed by atoms with E-state index in [1.54, 1.807) is 13.3 Å². The van der Waals surface area contributed by atoms with E-state index in [0.29, 0.717) is 24.0 Å². The number of hydrogen-bond acceptors (Lipinski definition) is 5. The molecule has 0 saturated heterocycles. The number of fused-ring (bicyclic) bond motifs is 1. The summed E-state index contributed by atoms with van der Waals surface area (Å²) in [5, 5.41) is 4.07. The lowest BCUT2D eigenvalue weighted by Gasteiger charge is -2.12. The van der Waals surface area contributed by atoms with Crippen LogP contribution in [-0.2, 0) is 11.3 Å². The van der Waals surface area contributed by atoms with Gasteiger partial charge in [0.2, 0.25) is 0 Å². The summed E-state index contributed by atoms with van der Waals surface area (Å²) in [5.41, 5.74) is 5.16. The van der Waals surface area contributed by atoms with Crippen LogP contribution in [0.2, 0.25) is 0 Å². The van der Waals surface area contributed by atoms with Crippen molar-refractivity contribution < 1.29 is 14.3 Å². The first-order chi connectivity index (χ1) is 14.5. The van der Waals surface area contributed by atoms with Gasteiger partial charge in [-0.15, -0.1) is 0 Å². The van der Waals surface area contributed by atoms with Gasteiger partial charge in [0.05, 0.1) is 31.0 Å². The number of aromatic nitrogens is 2. The molecule has 0 saturated carbocycles. The molecule has 3 aromatic rings. The Morgan fingerprint density at radius 3 is 2.80 bits per heavy atom. The molecule has 1 amide bonds. The zero-order valence-corrected chi connectivity index (χ0v) is 17.9. The van der Waals surface area contributed by atoms with Gasteiger partial charge in [-0.3, -0.25) is 4.79 Å². The summed E-state index contributed by atoms with van der Waals surface area (Å²) < 4.78 is 13.1. The van der Waals surface area contributed by atoms with Gasteiger partial charge in [0, 0.05) is 0 Å². The van der Waals surface area contributed by atoms with E-state index in [4.69, 9.17) is 9.47 Å². The molecule has 0 aliphatic heterocycles. The summed E-state index contributed by atoms with van der Waals surface area (Å²) in [5.74, 6) is 2.47. The van der Waals surface area contributed by atoms with Gasteiger partial charge in [-0.1, -0.05) is 26.0 Å². The van der Waals surface area contributed by atoms with Crippen LogP contribution in [0.3, 0.4) is 0 Å². The van der Waals surface area contributed by atoms with Crippen molar-refractivity contribution in [2.24, 2.45) is 11.0 Å². The first-order valence-corrected chi connectivity index (χ1v) is 10.0. The number of methoxy groups -OCH3 is 1. The predicted octanol–water partition coefficient (Wildman–Crippen LogP) is 3.93. The molecule has 1 aromatic heterocycles. The number of benzene rings is 2. The summed E-state index contributed by atoms with van der Waals surface area (Å²) in [6.07, 6.45) is 2.56. The largest absolute Gasteiger partial charge is 0.493 e. The fourth-order valence-corrected chi connectivity index (χ4v) is 3.04. The van der Waals surface area contributed by atoms with Crippen molar-refractivity contribution in [3.8, 4) is 11.5 Å². The Hall–Kier alpha value is -3.35. The molecule has 0 aliphatic carbocycles. The molecule has 0 unspecified atom stereocenters. The van der Waals surface area contributed by atoms with Crippen LogP contribution < -0.4 is 14.9 Å². The predicted molar refractivity (Wildman–Crippen MR) is 118 cm³/mol. The van der Waals surface area contributed by atoms with Crippen LogP contribution in [0.1, 0.15) is 31.7 Å². The molecule has 0 aliphatic rings. The number of rotatable bonds is 9. The van der Waals surface area contributed by atoms with E-state index in [0.717, 1.165) is 28.8 Å². The number of hydrogen-bond donors (Lipinski definition) is 1. The molecule has 0 fully saturated rings. The molecule has 30 heavy (non-hydrogen) atoms. The third kappa shape index (κ3) is 5.37. The Kier molecular flexibility index (Phi) is 7.06. The number of nitrogens with zero attached hydrogens (tertiary/aromatic N) is 3. The third-order valence-electron chi connectivity index (χ3n) is 4.69. The van der Waals surface area contributed by atoms with Crippen molar-refractivity contribution in [3.63, 3.8) is 0 Å². The lowest BCUT2D eigenvalue weighted by molar-refractivity contribution is -0.121. The Balaban J connectivity index is 1.60. The standard InChI is InChI=1S/C23H28N4O3/c1-16(2)11-12-30-21-10-9-18(13-22(21)29-4)14-24-26-23(28)15-27-17(3)25-19-7-5-6-8-20(19)27/h5-10,13-14,16H,11-12,15H2,1-4H3,(H,26,28)/b24-14+. The number of carbonyl (C=O) groups excluding carboxylic acids is 1. The van der Waals surface area contributed by atoms with Crippen LogP contribution in [0, 0.1) is 12.8 Å². The molecule has 2 aromatic carbocycles. The van der Waals surface area contributed by atoms with Gasteiger partial charge >= 0.3 is 0 Å². The summed E-state index contributed by atoms with van der Waals surface area (Å²) in [7, 11) is 1.60. The molecule has 158 valence electrons. The second-order valence-electron chi connectivity index (χ2n) is 7.47. The number of aryl methyl sites for hydroxylation is 1. The van der Waals surface area contributed by atoms with Crippen molar-refractivity contribution in [2.45, 2.75) is 33.7 Å². The second-order valence-corrected chi connectivity index (χ2v) is 7.47. The smallest absolute Gasteiger partial charge is 0.260 e. The van der Waals surface area contributed by atoms with E-state index in [1.807, 2.05) is 54.0 Å². The molecule has 0 spiro atoms. The molecule has 3 rings (SSSR count). The molecule has 1 N–H and O–H groups in total. The molecular formula is C23H28N4O3. The normalized spacial score (nSPS) is 11.4. The monoisotopic (exact) mass is 408 g/mol. The minimum absolute atomic E-state index is 0.148. The van der Waals surface area contributed by atoms with Crippen molar-refractivity contribution in [1.29, 1.82) is 0 Å². The average Bonchev–Trinajstić information content (AvgIpc) is 3.03. The molecule has 0 bridgehead atoms. The first-order valence-electron chi connectivity index (χ1n) is 10.0. The van der Waals surface area contributed by atoms with E-state index in [9.17, 15) is 4.79 Å². The van der Waals surface area contributed by atoms with Gasteiger partial charge in [-0.05, 0) is 55.2 Å². The zero-order valence-electron chi connectivity index (χ0n) is 17.9. The van der Waals surface area contributed by atoms with Crippen molar-refractivity contribution >= 4 is 23.2 Å². The van der Waals surface area contributed by atoms with E-state index in [-0.39, 0.29) is 12.5 Å². The number of nitrogens with one attached hydrogen (secondary N) is 1. The maximum atomic E-state index is 12.3. The van der Waals surface area contributed by atoms with Crippen molar-refractivity contribution in [1.82, 2.24) is 15.0 Å². The summed E-state index contributed by atoms with van der Waals surface area (Å²) in [4.78, 5) is 16.8. The Morgan fingerprint density at radius 2 is 2.03 bits per heavy atom. The lowest BCUT2D eigenvalue weighted by Crippen LogP contribution is -2.23. The number of hydrazone groups is 1. The minimum atomic E-state index is -0.224. The van der Waals surface area contributed by atoms with Crippen molar-refractivity contribution in [3.05, 3.63) is 53.9 Å². The fourth-order valence-electron chi connectivity index (χ4n) is 3.04. The highest BCUT2D eigenvalue weighted by molar-refractivity contribution is 5.84. The highest BCUT2D eigenvalue weighted by Crippen LogP contribution is 2.28. The number of imidazole rings is 1. The third-order valence-corrected chi connectivity index (χ3v) is 4.69. The Bertz CT molecular complexity index is 1040. The molecular weight excluding hydrogens is 380 g/mol. The van der Waals surface area contributed by atoms with Crippen LogP contribution in [0.15, 0.2) is 47.6 Å². The van der Waals surface area contributed by atoms with Crippen LogP contribution >= 0.6 is 0 Å². The van der Waals surface area contributed by atoms with Gasteiger partial charge in [-0.2, -0.15) is 5.10 Å². The molecule has 7 nitrogen and oxygen atoms in total. The van der Waals surface area contributed by atoms with E-state index >= 15 is 0 Å². The lowest BCUT2D eigenvalue weighted by atomic mass is 10.1. The van der Waals surface area contributed by atoms with Crippen LogP contribution in [0.4, 0.5) is 0 Å². The van der Waals surface area contributed by atoms with Crippen LogP contribution in [-0.4, -0.2) is 35.4 Å². The fraction of sp³-hybridized carbons (Fsp3) is 0.348. The Labute approximate surface area is 176 Å². The zero-order chi connectivity index (χ0) is 21.5. The summed E-state index contributed by atoms with van der Waals surface area (Å²) in [6.45, 7) is 6.99. The quantitative estimate of drug-likeness (QED) is 0.430. The second kappa shape index (κ2) is 9.91. The van der Waals surface area contributed by atoms with Gasteiger partial charge in [-0.25, -0.2) is 10.4 Å².